The molecular formula is C16H12ClF3N2O2. The van der Waals surface area contributed by atoms with E-state index in [1.54, 1.807) is 24.3 Å². The Morgan fingerprint density at radius 1 is 1.17 bits per heavy atom. The molecule has 0 saturated carbocycles. The van der Waals surface area contributed by atoms with Crippen LogP contribution in [-0.4, -0.2) is 18.2 Å². The molecule has 1 N–H and O–H groups in total. The number of anilines is 1. The van der Waals surface area contributed by atoms with Crippen LogP contribution in [0.15, 0.2) is 41.6 Å². The first-order chi connectivity index (χ1) is 11.4. The minimum Gasteiger partial charge on any atom is -0.383 e. The second kappa shape index (κ2) is 7.83. The van der Waals surface area contributed by atoms with E-state index in [-0.39, 0.29) is 0 Å². The molecule has 0 aromatic heterocycles. The largest absolute Gasteiger partial charge is 0.383 e. The number of oxime groups is 1. The molecule has 4 nitrogen and oxygen atoms in total. The molecule has 1 amide bonds. The van der Waals surface area contributed by atoms with E-state index in [1.807, 2.05) is 0 Å². The van der Waals surface area contributed by atoms with Gasteiger partial charge in [-0.05, 0) is 36.8 Å². The Kier molecular flexibility index (Phi) is 5.81. The average molecular weight is 357 g/mol. The maximum Gasteiger partial charge on any atom is 0.268 e. The maximum absolute atomic E-state index is 13.5. The fourth-order valence-corrected chi connectivity index (χ4v) is 1.76. The number of nitrogens with one attached hydrogen (secondary N) is 1. The van der Waals surface area contributed by atoms with Crippen LogP contribution < -0.4 is 5.32 Å². The van der Waals surface area contributed by atoms with Gasteiger partial charge in [-0.15, -0.1) is 0 Å². The zero-order valence-electron chi connectivity index (χ0n) is 12.4. The lowest BCUT2D eigenvalue weighted by atomic mass is 10.2. The van der Waals surface area contributed by atoms with Crippen molar-refractivity contribution in [3.8, 4) is 0 Å². The molecule has 0 aliphatic carbocycles. The van der Waals surface area contributed by atoms with Gasteiger partial charge in [0.05, 0.1) is 11.9 Å². The molecule has 0 bridgehead atoms. The van der Waals surface area contributed by atoms with Crippen molar-refractivity contribution in [1.82, 2.24) is 0 Å². The van der Waals surface area contributed by atoms with Gasteiger partial charge >= 0.3 is 0 Å². The summed E-state index contributed by atoms with van der Waals surface area (Å²) in [7, 11) is 0. The Morgan fingerprint density at radius 2 is 1.83 bits per heavy atom. The summed E-state index contributed by atoms with van der Waals surface area (Å²) < 4.78 is 39.4. The van der Waals surface area contributed by atoms with E-state index in [0.29, 0.717) is 16.7 Å². The molecule has 0 saturated heterocycles. The molecular weight excluding hydrogens is 345 g/mol. The van der Waals surface area contributed by atoms with E-state index in [0.717, 1.165) is 6.07 Å². The smallest absolute Gasteiger partial charge is 0.268 e. The summed E-state index contributed by atoms with van der Waals surface area (Å²) in [6, 6.07) is 8.32. The molecule has 8 heteroatoms. The third-order valence-electron chi connectivity index (χ3n) is 2.95. The minimum atomic E-state index is -1.66. The van der Waals surface area contributed by atoms with Crippen LogP contribution in [-0.2, 0) is 9.63 Å². The molecule has 0 spiro atoms. The molecule has 1 unspecified atom stereocenters. The molecule has 24 heavy (non-hydrogen) atoms. The van der Waals surface area contributed by atoms with Crippen LogP contribution in [0.2, 0.25) is 5.02 Å². The van der Waals surface area contributed by atoms with Crippen molar-refractivity contribution in [3.05, 3.63) is 64.4 Å². The van der Waals surface area contributed by atoms with Crippen molar-refractivity contribution in [2.75, 3.05) is 5.32 Å². The van der Waals surface area contributed by atoms with Crippen LogP contribution in [0.25, 0.3) is 0 Å². The summed E-state index contributed by atoms with van der Waals surface area (Å²) in [6.07, 6.45) is 0.277. The van der Waals surface area contributed by atoms with Gasteiger partial charge in [0.15, 0.2) is 17.5 Å². The van der Waals surface area contributed by atoms with Gasteiger partial charge in [0.2, 0.25) is 6.10 Å². The Morgan fingerprint density at radius 3 is 2.50 bits per heavy atom. The predicted molar refractivity (Wildman–Crippen MR) is 84.5 cm³/mol. The SMILES string of the molecule is CC(O/N=C/c1ccc(Cl)cc1)C(=O)Nc1ccc(F)c(F)c1F. The number of hydrogen-bond acceptors (Lipinski definition) is 3. The van der Waals surface area contributed by atoms with Gasteiger partial charge in [-0.25, -0.2) is 13.2 Å². The number of halogens is 4. The molecule has 126 valence electrons. The van der Waals surface area contributed by atoms with Gasteiger partial charge in [-0.2, -0.15) is 0 Å². The predicted octanol–water partition coefficient (Wildman–Crippen LogP) is 4.14. The number of carbonyl (C=O) groups is 1. The fraction of sp³-hybridized carbons (Fsp3) is 0.125. The molecule has 2 aromatic rings. The Hall–Kier alpha value is -2.54. The van der Waals surface area contributed by atoms with Crippen molar-refractivity contribution in [2.24, 2.45) is 5.16 Å². The zero-order chi connectivity index (χ0) is 17.7. The van der Waals surface area contributed by atoms with Gasteiger partial charge in [0, 0.05) is 5.02 Å². The molecule has 0 aliphatic heterocycles. The quantitative estimate of drug-likeness (QED) is 0.497. The summed E-state index contributed by atoms with van der Waals surface area (Å²) in [4.78, 5) is 16.8. The highest BCUT2D eigenvalue weighted by atomic mass is 35.5. The second-order valence-electron chi connectivity index (χ2n) is 4.75. The van der Waals surface area contributed by atoms with E-state index in [4.69, 9.17) is 16.4 Å². The van der Waals surface area contributed by atoms with Gasteiger partial charge in [-0.1, -0.05) is 28.9 Å². The highest BCUT2D eigenvalue weighted by molar-refractivity contribution is 6.30. The third-order valence-corrected chi connectivity index (χ3v) is 3.21. The summed E-state index contributed by atoms with van der Waals surface area (Å²) in [5.41, 5.74) is 0.203. The van der Waals surface area contributed by atoms with Crippen LogP contribution in [0.5, 0.6) is 0 Å². The molecule has 0 fully saturated rings. The van der Waals surface area contributed by atoms with Crippen molar-refractivity contribution >= 4 is 29.4 Å². The topological polar surface area (TPSA) is 50.7 Å². The maximum atomic E-state index is 13.5. The van der Waals surface area contributed by atoms with Crippen molar-refractivity contribution in [3.63, 3.8) is 0 Å². The molecule has 2 aromatic carbocycles. The van der Waals surface area contributed by atoms with Gasteiger partial charge < -0.3 is 10.2 Å². The lowest BCUT2D eigenvalue weighted by Gasteiger charge is -2.11. The van der Waals surface area contributed by atoms with Crippen LogP contribution in [0.3, 0.4) is 0 Å². The number of rotatable bonds is 5. The van der Waals surface area contributed by atoms with Crippen LogP contribution in [0.1, 0.15) is 12.5 Å². The van der Waals surface area contributed by atoms with Crippen LogP contribution in [0.4, 0.5) is 18.9 Å². The van der Waals surface area contributed by atoms with Gasteiger partial charge in [-0.3, -0.25) is 4.79 Å². The fourth-order valence-electron chi connectivity index (χ4n) is 1.64. The molecule has 0 heterocycles. The van der Waals surface area contributed by atoms with Crippen LogP contribution >= 0.6 is 11.6 Å². The zero-order valence-corrected chi connectivity index (χ0v) is 13.2. The van der Waals surface area contributed by atoms with Gasteiger partial charge in [0.25, 0.3) is 5.91 Å². The number of carbonyl (C=O) groups excluding carboxylic acids is 1. The molecule has 0 aliphatic rings. The summed E-state index contributed by atoms with van der Waals surface area (Å²) in [5.74, 6) is -5.27. The standard InChI is InChI=1S/C16H12ClF3N2O2/c1-9(24-21-8-10-2-4-11(17)5-3-10)16(23)22-13-7-6-12(18)14(19)15(13)20/h2-9H,1H3,(H,22,23)/b21-8+. The van der Waals surface area contributed by atoms with E-state index in [9.17, 15) is 18.0 Å². The Bertz CT molecular complexity index is 767. The highest BCUT2D eigenvalue weighted by Crippen LogP contribution is 2.19. The molecule has 2 rings (SSSR count). The molecule has 1 atom stereocenters. The highest BCUT2D eigenvalue weighted by Gasteiger charge is 2.19. The van der Waals surface area contributed by atoms with Crippen molar-refractivity contribution in [2.45, 2.75) is 13.0 Å². The Balaban J connectivity index is 1.95. The van der Waals surface area contributed by atoms with Crippen LogP contribution in [0, 0.1) is 17.5 Å². The van der Waals surface area contributed by atoms with E-state index in [2.05, 4.69) is 10.5 Å². The number of benzene rings is 2. The normalized spacial score (nSPS) is 12.2. The van der Waals surface area contributed by atoms with E-state index < -0.39 is 35.2 Å². The van der Waals surface area contributed by atoms with E-state index >= 15 is 0 Å². The second-order valence-corrected chi connectivity index (χ2v) is 5.18. The van der Waals surface area contributed by atoms with Crippen molar-refractivity contribution < 1.29 is 22.8 Å². The minimum absolute atomic E-state index is 0.490. The summed E-state index contributed by atoms with van der Waals surface area (Å²) >= 11 is 5.74. The Labute approximate surface area is 140 Å². The van der Waals surface area contributed by atoms with Crippen molar-refractivity contribution in [1.29, 1.82) is 0 Å². The first kappa shape index (κ1) is 17.8. The number of amides is 1. The monoisotopic (exact) mass is 356 g/mol. The average Bonchev–Trinajstić information content (AvgIpc) is 2.57. The lowest BCUT2D eigenvalue weighted by molar-refractivity contribution is -0.126. The van der Waals surface area contributed by atoms with E-state index in [1.165, 1.54) is 13.1 Å². The number of nitrogens with zero attached hydrogens (tertiary/aromatic N) is 1. The summed E-state index contributed by atoms with van der Waals surface area (Å²) in [6.45, 7) is 1.37. The lowest BCUT2D eigenvalue weighted by Crippen LogP contribution is -2.27. The molecule has 0 radical (unpaired) electrons. The third kappa shape index (κ3) is 4.48. The van der Waals surface area contributed by atoms with Gasteiger partial charge in [0.1, 0.15) is 0 Å². The first-order valence-electron chi connectivity index (χ1n) is 6.77. The summed E-state index contributed by atoms with van der Waals surface area (Å²) in [5, 5.41) is 6.29. The number of hydrogen-bond donors (Lipinski definition) is 1. The first-order valence-corrected chi connectivity index (χ1v) is 7.15.